The molecule has 1 heterocycles. The summed E-state index contributed by atoms with van der Waals surface area (Å²) in [6, 6.07) is 3.46. The second kappa shape index (κ2) is 12.3. The van der Waals surface area contributed by atoms with Crippen molar-refractivity contribution in [2.75, 3.05) is 39.9 Å². The molecule has 0 radical (unpaired) electrons. The normalized spacial score (nSPS) is 14.6. The van der Waals surface area contributed by atoms with E-state index in [9.17, 15) is 4.79 Å². The van der Waals surface area contributed by atoms with Gasteiger partial charge in [0.1, 0.15) is 0 Å². The van der Waals surface area contributed by atoms with Crippen molar-refractivity contribution < 1.29 is 14.3 Å². The molecule has 0 bridgehead atoms. The van der Waals surface area contributed by atoms with Crippen LogP contribution in [0.2, 0.25) is 5.02 Å². The van der Waals surface area contributed by atoms with Crippen LogP contribution in [0.4, 0.5) is 0 Å². The van der Waals surface area contributed by atoms with Crippen molar-refractivity contribution in [3.8, 4) is 11.5 Å². The predicted octanol–water partition coefficient (Wildman–Crippen LogP) is 4.41. The fraction of sp³-hybridized carbons (Fsp3) is 0.650. The second-order valence-corrected chi connectivity index (χ2v) is 7.10. The zero-order valence-corrected chi connectivity index (χ0v) is 18.1. The Balaban J connectivity index is 0.00000364. The summed E-state index contributed by atoms with van der Waals surface area (Å²) in [6.07, 6.45) is 4.15. The minimum absolute atomic E-state index is 0. The smallest absolute Gasteiger partial charge is 0.254 e. The Morgan fingerprint density at radius 2 is 1.96 bits per heavy atom. The van der Waals surface area contributed by atoms with Crippen LogP contribution in [-0.4, -0.2) is 50.7 Å². The van der Waals surface area contributed by atoms with Gasteiger partial charge in [-0.2, -0.15) is 0 Å². The predicted molar refractivity (Wildman–Crippen MR) is 113 cm³/mol. The molecule has 1 aromatic carbocycles. The van der Waals surface area contributed by atoms with E-state index in [2.05, 4.69) is 5.32 Å². The summed E-state index contributed by atoms with van der Waals surface area (Å²) in [5.41, 5.74) is 0.566. The summed E-state index contributed by atoms with van der Waals surface area (Å²) < 4.78 is 11.4. The quantitative estimate of drug-likeness (QED) is 0.644. The van der Waals surface area contributed by atoms with E-state index in [4.69, 9.17) is 21.1 Å². The van der Waals surface area contributed by atoms with Crippen molar-refractivity contribution in [3.05, 3.63) is 22.7 Å². The van der Waals surface area contributed by atoms with E-state index in [1.807, 2.05) is 25.8 Å². The molecule has 1 aliphatic heterocycles. The highest BCUT2D eigenvalue weighted by Gasteiger charge is 2.25. The SMILES string of the molecule is CCCOc1c(Cl)cc(C(=O)N2CCC(CCNC)CC2)cc1OCC.Cl. The van der Waals surface area contributed by atoms with E-state index in [1.165, 1.54) is 6.42 Å². The highest BCUT2D eigenvalue weighted by molar-refractivity contribution is 6.32. The molecule has 1 saturated heterocycles. The van der Waals surface area contributed by atoms with Gasteiger partial charge in [0.2, 0.25) is 0 Å². The number of nitrogens with one attached hydrogen (secondary N) is 1. The topological polar surface area (TPSA) is 50.8 Å². The molecular weight excluding hydrogens is 387 g/mol. The number of carbonyl (C=O) groups excluding carboxylic acids is 1. The molecular formula is C20H32Cl2N2O3. The van der Waals surface area contributed by atoms with Gasteiger partial charge in [0.25, 0.3) is 5.91 Å². The van der Waals surface area contributed by atoms with Crippen molar-refractivity contribution >= 4 is 29.9 Å². The molecule has 2 rings (SSSR count). The first kappa shape index (κ1) is 23.9. The number of benzene rings is 1. The maximum Gasteiger partial charge on any atom is 0.254 e. The number of halogens is 2. The molecule has 1 N–H and O–H groups in total. The fourth-order valence-electron chi connectivity index (χ4n) is 3.25. The summed E-state index contributed by atoms with van der Waals surface area (Å²) in [5.74, 6) is 1.78. The molecule has 1 fully saturated rings. The van der Waals surface area contributed by atoms with Gasteiger partial charge in [0.15, 0.2) is 11.5 Å². The van der Waals surface area contributed by atoms with E-state index < -0.39 is 0 Å². The first-order valence-corrected chi connectivity index (χ1v) is 10.0. The summed E-state index contributed by atoms with van der Waals surface area (Å²) in [7, 11) is 1.98. The van der Waals surface area contributed by atoms with Crippen molar-refractivity contribution in [2.45, 2.75) is 39.5 Å². The monoisotopic (exact) mass is 418 g/mol. The number of nitrogens with zero attached hydrogens (tertiary/aromatic N) is 1. The summed E-state index contributed by atoms with van der Waals surface area (Å²) >= 11 is 6.39. The third kappa shape index (κ3) is 6.74. The number of ether oxygens (including phenoxy) is 2. The molecule has 1 aromatic rings. The van der Waals surface area contributed by atoms with Gasteiger partial charge >= 0.3 is 0 Å². The summed E-state index contributed by atoms with van der Waals surface area (Å²) in [5, 5.41) is 3.63. The third-order valence-corrected chi connectivity index (χ3v) is 4.99. The average Bonchev–Trinajstić information content (AvgIpc) is 2.65. The zero-order chi connectivity index (χ0) is 18.9. The molecule has 1 amide bonds. The molecule has 0 unspecified atom stereocenters. The molecule has 0 aromatic heterocycles. The van der Waals surface area contributed by atoms with Crippen LogP contribution in [0.25, 0.3) is 0 Å². The first-order valence-electron chi connectivity index (χ1n) is 9.63. The maximum atomic E-state index is 12.9. The molecule has 0 aliphatic carbocycles. The molecule has 0 atom stereocenters. The molecule has 1 aliphatic rings. The number of piperidine rings is 1. The Kier molecular flexibility index (Phi) is 10.9. The van der Waals surface area contributed by atoms with Crippen LogP contribution in [0, 0.1) is 5.92 Å². The Bertz CT molecular complexity index is 591. The van der Waals surface area contributed by atoms with E-state index in [0.29, 0.717) is 41.2 Å². The fourth-order valence-corrected chi connectivity index (χ4v) is 3.52. The highest BCUT2D eigenvalue weighted by Crippen LogP contribution is 2.37. The van der Waals surface area contributed by atoms with Crippen molar-refractivity contribution in [1.82, 2.24) is 10.2 Å². The van der Waals surface area contributed by atoms with Gasteiger partial charge in [0.05, 0.1) is 18.2 Å². The Labute approximate surface area is 174 Å². The van der Waals surface area contributed by atoms with Crippen molar-refractivity contribution in [1.29, 1.82) is 0 Å². The average molecular weight is 419 g/mol. The minimum Gasteiger partial charge on any atom is -0.490 e. The Morgan fingerprint density at radius 1 is 1.26 bits per heavy atom. The van der Waals surface area contributed by atoms with Crippen molar-refractivity contribution in [2.24, 2.45) is 5.92 Å². The van der Waals surface area contributed by atoms with Crippen LogP contribution in [-0.2, 0) is 0 Å². The van der Waals surface area contributed by atoms with Crippen LogP contribution in [0.15, 0.2) is 12.1 Å². The maximum absolute atomic E-state index is 12.9. The van der Waals surface area contributed by atoms with E-state index in [-0.39, 0.29) is 18.3 Å². The van der Waals surface area contributed by atoms with Gasteiger partial charge in [-0.1, -0.05) is 18.5 Å². The van der Waals surface area contributed by atoms with Crippen molar-refractivity contribution in [3.63, 3.8) is 0 Å². The van der Waals surface area contributed by atoms with Crippen LogP contribution in [0.1, 0.15) is 49.9 Å². The van der Waals surface area contributed by atoms with E-state index in [1.54, 1.807) is 12.1 Å². The third-order valence-electron chi connectivity index (χ3n) is 4.71. The lowest BCUT2D eigenvalue weighted by Crippen LogP contribution is -2.39. The van der Waals surface area contributed by atoms with Crippen LogP contribution < -0.4 is 14.8 Å². The molecule has 27 heavy (non-hydrogen) atoms. The standard InChI is InChI=1S/C20H31ClN2O3.ClH/c1-4-12-26-19-17(21)13-16(14-18(19)25-5-2)20(24)23-10-7-15(8-11-23)6-9-22-3;/h13-15,22H,4-12H2,1-3H3;1H. The largest absolute Gasteiger partial charge is 0.490 e. The lowest BCUT2D eigenvalue weighted by Gasteiger charge is -2.32. The second-order valence-electron chi connectivity index (χ2n) is 6.69. The lowest BCUT2D eigenvalue weighted by molar-refractivity contribution is 0.0686. The first-order chi connectivity index (χ1) is 12.6. The molecule has 0 saturated carbocycles. The molecule has 5 nitrogen and oxygen atoms in total. The lowest BCUT2D eigenvalue weighted by atomic mass is 9.93. The van der Waals surface area contributed by atoms with Gasteiger partial charge in [-0.25, -0.2) is 0 Å². The van der Waals surface area contributed by atoms with Gasteiger partial charge in [-0.05, 0) is 64.3 Å². The van der Waals surface area contributed by atoms with Gasteiger partial charge in [-0.3, -0.25) is 4.79 Å². The number of hydrogen-bond acceptors (Lipinski definition) is 4. The van der Waals surface area contributed by atoms with Gasteiger partial charge < -0.3 is 19.7 Å². The van der Waals surface area contributed by atoms with Crippen LogP contribution in [0.5, 0.6) is 11.5 Å². The number of rotatable bonds is 9. The van der Waals surface area contributed by atoms with Gasteiger partial charge in [0, 0.05) is 18.7 Å². The zero-order valence-electron chi connectivity index (χ0n) is 16.6. The number of carbonyl (C=O) groups is 1. The highest BCUT2D eigenvalue weighted by atomic mass is 35.5. The summed E-state index contributed by atoms with van der Waals surface area (Å²) in [6.45, 7) is 7.62. The molecule has 7 heteroatoms. The van der Waals surface area contributed by atoms with Gasteiger partial charge in [-0.15, -0.1) is 12.4 Å². The molecule has 0 spiro atoms. The number of hydrogen-bond donors (Lipinski definition) is 1. The van der Waals surface area contributed by atoms with Crippen LogP contribution >= 0.6 is 24.0 Å². The minimum atomic E-state index is 0. The van der Waals surface area contributed by atoms with E-state index >= 15 is 0 Å². The van der Waals surface area contributed by atoms with E-state index in [0.717, 1.165) is 38.9 Å². The van der Waals surface area contributed by atoms with Crippen LogP contribution in [0.3, 0.4) is 0 Å². The number of amides is 1. The molecule has 154 valence electrons. The Morgan fingerprint density at radius 3 is 2.56 bits per heavy atom. The Hall–Kier alpha value is -1.17. The summed E-state index contributed by atoms with van der Waals surface area (Å²) in [4.78, 5) is 14.8. The number of likely N-dealkylation sites (tertiary alicyclic amines) is 1.